The molecule has 5 heteroatoms. The van der Waals surface area contributed by atoms with E-state index in [1.807, 2.05) is 0 Å². The number of methoxy groups -OCH3 is 1. The van der Waals surface area contributed by atoms with Gasteiger partial charge in [0.05, 0.1) is 6.61 Å². The van der Waals surface area contributed by atoms with Crippen LogP contribution in [0, 0.1) is 0 Å². The van der Waals surface area contributed by atoms with Gasteiger partial charge in [0.15, 0.2) is 6.29 Å². The van der Waals surface area contributed by atoms with Crippen LogP contribution in [-0.4, -0.2) is 53.6 Å². The number of aliphatic hydroxyl groups excluding tert-OH is 3. The molecular formula is C7H16O5. The summed E-state index contributed by atoms with van der Waals surface area (Å²) >= 11 is 0. The van der Waals surface area contributed by atoms with Crippen molar-refractivity contribution in [3.63, 3.8) is 0 Å². The van der Waals surface area contributed by atoms with E-state index in [2.05, 4.69) is 4.74 Å². The Balaban J connectivity index is 0.00000121. The third kappa shape index (κ3) is 1.94. The van der Waals surface area contributed by atoms with Gasteiger partial charge in [-0.05, 0) is 0 Å². The summed E-state index contributed by atoms with van der Waals surface area (Å²) in [7, 11) is 1.36. The molecule has 5 nitrogen and oxygen atoms in total. The lowest BCUT2D eigenvalue weighted by atomic mass is 10.1. The molecular weight excluding hydrogens is 164 g/mol. The minimum absolute atomic E-state index is 0. The predicted molar refractivity (Wildman–Crippen MR) is 41.5 cm³/mol. The van der Waals surface area contributed by atoms with Gasteiger partial charge in [-0.3, -0.25) is 0 Å². The van der Waals surface area contributed by atoms with Crippen LogP contribution in [0.1, 0.15) is 7.43 Å². The molecule has 1 aliphatic rings. The second kappa shape index (κ2) is 4.74. The molecule has 0 amide bonds. The molecule has 0 saturated carbocycles. The second-order valence-electron chi connectivity index (χ2n) is 2.44. The fourth-order valence-corrected chi connectivity index (χ4v) is 1.06. The Labute approximate surface area is 71.5 Å². The van der Waals surface area contributed by atoms with Crippen LogP contribution in [0.2, 0.25) is 0 Å². The van der Waals surface area contributed by atoms with Crippen LogP contribution in [0.3, 0.4) is 0 Å². The van der Waals surface area contributed by atoms with Gasteiger partial charge in [0, 0.05) is 7.11 Å². The van der Waals surface area contributed by atoms with Gasteiger partial charge < -0.3 is 24.8 Å². The lowest BCUT2D eigenvalue weighted by Gasteiger charge is -2.11. The van der Waals surface area contributed by atoms with Crippen LogP contribution >= 0.6 is 0 Å². The maximum atomic E-state index is 9.15. The van der Waals surface area contributed by atoms with Crippen molar-refractivity contribution in [3.05, 3.63) is 0 Å². The molecule has 1 fully saturated rings. The highest BCUT2D eigenvalue weighted by Crippen LogP contribution is 2.20. The molecule has 74 valence electrons. The third-order valence-electron chi connectivity index (χ3n) is 1.73. The number of hydrogen-bond acceptors (Lipinski definition) is 5. The lowest BCUT2D eigenvalue weighted by molar-refractivity contribution is -0.153. The number of hydrogen-bond donors (Lipinski definition) is 3. The summed E-state index contributed by atoms with van der Waals surface area (Å²) in [6, 6.07) is 0. The quantitative estimate of drug-likeness (QED) is 0.492. The largest absolute Gasteiger partial charge is 0.394 e. The molecule has 0 aromatic heterocycles. The minimum Gasteiger partial charge on any atom is -0.394 e. The first kappa shape index (κ1) is 11.8. The zero-order valence-electron chi connectivity index (χ0n) is 6.17. The van der Waals surface area contributed by atoms with Gasteiger partial charge >= 0.3 is 0 Å². The Kier molecular flexibility index (Phi) is 4.66. The lowest BCUT2D eigenvalue weighted by Crippen LogP contribution is -2.34. The van der Waals surface area contributed by atoms with E-state index in [0.29, 0.717) is 0 Å². The number of rotatable bonds is 2. The van der Waals surface area contributed by atoms with Crippen molar-refractivity contribution in [2.45, 2.75) is 32.0 Å². The van der Waals surface area contributed by atoms with Gasteiger partial charge in [-0.15, -0.1) is 0 Å². The summed E-state index contributed by atoms with van der Waals surface area (Å²) in [6.07, 6.45) is -3.71. The van der Waals surface area contributed by atoms with Gasteiger partial charge in [-0.2, -0.15) is 0 Å². The molecule has 1 saturated heterocycles. The highest BCUT2D eigenvalue weighted by atomic mass is 16.7. The predicted octanol–water partition coefficient (Wildman–Crippen LogP) is -1.29. The Hall–Kier alpha value is -0.200. The summed E-state index contributed by atoms with van der Waals surface area (Å²) < 4.78 is 9.59. The van der Waals surface area contributed by atoms with Crippen molar-refractivity contribution in [3.8, 4) is 0 Å². The van der Waals surface area contributed by atoms with Gasteiger partial charge in [0.2, 0.25) is 0 Å². The molecule has 0 aromatic carbocycles. The molecule has 0 bridgehead atoms. The monoisotopic (exact) mass is 180 g/mol. The smallest absolute Gasteiger partial charge is 0.186 e. The molecule has 1 heterocycles. The first-order valence-electron chi connectivity index (χ1n) is 3.36. The highest BCUT2D eigenvalue weighted by Gasteiger charge is 2.42. The van der Waals surface area contributed by atoms with E-state index in [9.17, 15) is 0 Å². The highest BCUT2D eigenvalue weighted by molar-refractivity contribution is 4.85. The molecule has 1 unspecified atom stereocenters. The van der Waals surface area contributed by atoms with E-state index in [0.717, 1.165) is 0 Å². The van der Waals surface area contributed by atoms with Gasteiger partial charge in [-0.1, -0.05) is 7.43 Å². The van der Waals surface area contributed by atoms with E-state index in [1.165, 1.54) is 7.11 Å². The van der Waals surface area contributed by atoms with Crippen LogP contribution in [0.5, 0.6) is 0 Å². The third-order valence-corrected chi connectivity index (χ3v) is 1.73. The van der Waals surface area contributed by atoms with Crippen molar-refractivity contribution >= 4 is 0 Å². The minimum atomic E-state index is -1.07. The Morgan fingerprint density at radius 1 is 1.33 bits per heavy atom. The summed E-state index contributed by atoms with van der Waals surface area (Å²) in [5.74, 6) is 0. The average Bonchev–Trinajstić information content (AvgIpc) is 2.30. The van der Waals surface area contributed by atoms with Crippen molar-refractivity contribution in [1.82, 2.24) is 0 Å². The van der Waals surface area contributed by atoms with Crippen molar-refractivity contribution in [2.75, 3.05) is 13.7 Å². The number of aliphatic hydroxyl groups is 3. The van der Waals surface area contributed by atoms with Crippen molar-refractivity contribution in [1.29, 1.82) is 0 Å². The Bertz CT molecular complexity index is 111. The second-order valence-corrected chi connectivity index (χ2v) is 2.44. The van der Waals surface area contributed by atoms with E-state index < -0.39 is 24.6 Å². The summed E-state index contributed by atoms with van der Waals surface area (Å²) in [4.78, 5) is 0. The van der Waals surface area contributed by atoms with E-state index in [1.54, 1.807) is 0 Å². The van der Waals surface area contributed by atoms with Crippen LogP contribution in [0.4, 0.5) is 0 Å². The standard InChI is InChI=1S/C6H12O5.CH4/c1-10-6-5(9)4(8)3(2-7)11-6;/h3-9H,2H2,1H3;1H4/t3-,4+,5?,6-;/m1./s1. The van der Waals surface area contributed by atoms with Gasteiger partial charge in [0.1, 0.15) is 18.3 Å². The summed E-state index contributed by atoms with van der Waals surface area (Å²) in [6.45, 7) is -0.321. The van der Waals surface area contributed by atoms with Crippen LogP contribution in [0.15, 0.2) is 0 Å². The SMILES string of the molecule is C.CO[C@@H]1O[C@H](CO)[C@H](O)C1O. The van der Waals surface area contributed by atoms with E-state index in [-0.39, 0.29) is 14.0 Å². The first-order chi connectivity index (χ1) is 5.20. The maximum absolute atomic E-state index is 9.15. The molecule has 4 atom stereocenters. The van der Waals surface area contributed by atoms with E-state index in [4.69, 9.17) is 20.1 Å². The normalized spacial score (nSPS) is 41.0. The molecule has 1 rings (SSSR count). The van der Waals surface area contributed by atoms with Gasteiger partial charge in [-0.25, -0.2) is 0 Å². The summed E-state index contributed by atoms with van der Waals surface area (Å²) in [5, 5.41) is 26.9. The molecule has 1 aliphatic heterocycles. The molecule has 3 N–H and O–H groups in total. The first-order valence-corrected chi connectivity index (χ1v) is 3.36. The molecule has 0 aromatic rings. The van der Waals surface area contributed by atoms with Gasteiger partial charge in [0.25, 0.3) is 0 Å². The molecule has 0 spiro atoms. The van der Waals surface area contributed by atoms with E-state index >= 15 is 0 Å². The van der Waals surface area contributed by atoms with Crippen LogP contribution < -0.4 is 0 Å². The Morgan fingerprint density at radius 2 is 1.92 bits per heavy atom. The van der Waals surface area contributed by atoms with Crippen LogP contribution in [0.25, 0.3) is 0 Å². The van der Waals surface area contributed by atoms with Crippen molar-refractivity contribution < 1.29 is 24.8 Å². The Morgan fingerprint density at radius 3 is 2.17 bits per heavy atom. The molecule has 0 aliphatic carbocycles. The number of ether oxygens (including phenoxy) is 2. The zero-order valence-corrected chi connectivity index (χ0v) is 6.17. The topological polar surface area (TPSA) is 79.2 Å². The fraction of sp³-hybridized carbons (Fsp3) is 1.00. The molecule has 12 heavy (non-hydrogen) atoms. The molecule has 0 radical (unpaired) electrons. The average molecular weight is 180 g/mol. The summed E-state index contributed by atoms with van der Waals surface area (Å²) in [5.41, 5.74) is 0. The zero-order chi connectivity index (χ0) is 8.43. The fourth-order valence-electron chi connectivity index (χ4n) is 1.06. The van der Waals surface area contributed by atoms with Crippen molar-refractivity contribution in [2.24, 2.45) is 0 Å². The maximum Gasteiger partial charge on any atom is 0.186 e. The van der Waals surface area contributed by atoms with Crippen LogP contribution in [-0.2, 0) is 9.47 Å².